The number of amides is 1. The maximum absolute atomic E-state index is 13.0. The summed E-state index contributed by atoms with van der Waals surface area (Å²) < 4.78 is 18.5. The van der Waals surface area contributed by atoms with Crippen molar-refractivity contribution in [3.63, 3.8) is 0 Å². The topological polar surface area (TPSA) is 90.8 Å². The number of phenols is 1. The number of carbonyl (C=O) groups is 1. The highest BCUT2D eigenvalue weighted by Gasteiger charge is 2.26. The van der Waals surface area contributed by atoms with Gasteiger partial charge in [-0.05, 0) is 44.0 Å². The van der Waals surface area contributed by atoms with E-state index in [1.165, 1.54) is 24.3 Å². The van der Waals surface area contributed by atoms with Crippen LogP contribution in [0.4, 0.5) is 10.1 Å². The molecule has 0 aromatic heterocycles. The van der Waals surface area contributed by atoms with Gasteiger partial charge in [0, 0.05) is 23.7 Å². The van der Waals surface area contributed by atoms with E-state index < -0.39 is 6.10 Å². The van der Waals surface area contributed by atoms with Crippen LogP contribution in [0.25, 0.3) is 0 Å². The highest BCUT2D eigenvalue weighted by molar-refractivity contribution is 5.96. The number of fused-ring (bicyclic) bond motifs is 1. The Bertz CT molecular complexity index is 837. The van der Waals surface area contributed by atoms with E-state index >= 15 is 0 Å². The molecule has 7 heteroatoms. The molecule has 0 aliphatic carbocycles. The quantitative estimate of drug-likeness (QED) is 0.608. The Hall–Kier alpha value is -2.64. The lowest BCUT2D eigenvalue weighted by molar-refractivity contribution is -0.118. The van der Waals surface area contributed by atoms with Gasteiger partial charge in [-0.25, -0.2) is 4.39 Å². The zero-order valence-corrected chi connectivity index (χ0v) is 15.3. The molecule has 28 heavy (non-hydrogen) atoms. The molecule has 0 fully saturated rings. The van der Waals surface area contributed by atoms with E-state index in [-0.39, 0.29) is 43.6 Å². The van der Waals surface area contributed by atoms with E-state index in [1.54, 1.807) is 12.1 Å². The van der Waals surface area contributed by atoms with Crippen LogP contribution >= 0.6 is 0 Å². The van der Waals surface area contributed by atoms with Gasteiger partial charge in [0.25, 0.3) is 5.91 Å². The maximum Gasteiger partial charge on any atom is 0.262 e. The Morgan fingerprint density at radius 3 is 2.64 bits per heavy atom. The van der Waals surface area contributed by atoms with Crippen molar-refractivity contribution in [3.05, 3.63) is 53.3 Å². The van der Waals surface area contributed by atoms with Crippen LogP contribution in [0, 0.1) is 5.82 Å². The number of phenolic OH excluding ortho intramolecular Hbond substituents is 1. The minimum Gasteiger partial charge on any atom is -0.508 e. The summed E-state index contributed by atoms with van der Waals surface area (Å²) in [4.78, 5) is 11.5. The van der Waals surface area contributed by atoms with E-state index in [2.05, 4.69) is 10.6 Å². The highest BCUT2D eigenvalue weighted by atomic mass is 19.1. The normalized spacial score (nSPS) is 14.4. The number of aliphatic hydroxyl groups is 1. The molecule has 2 aromatic carbocycles. The highest BCUT2D eigenvalue weighted by Crippen LogP contribution is 2.38. The number of hydrogen-bond donors (Lipinski definition) is 4. The Balaban J connectivity index is 0.00000280. The molecule has 0 radical (unpaired) electrons. The van der Waals surface area contributed by atoms with Crippen LogP contribution in [0.2, 0.25) is 0 Å². The molecule has 1 aliphatic rings. The average Bonchev–Trinajstić information content (AvgIpc) is 2.60. The molecule has 2 aromatic rings. The van der Waals surface area contributed by atoms with Crippen molar-refractivity contribution in [2.75, 3.05) is 18.5 Å². The number of anilines is 1. The minimum absolute atomic E-state index is 0. The number of aliphatic hydroxyl groups excluding tert-OH is 1. The Morgan fingerprint density at radius 1 is 1.29 bits per heavy atom. The monoisotopic (exact) mass is 390 g/mol. The lowest BCUT2D eigenvalue weighted by Crippen LogP contribution is -2.43. The molecule has 1 heterocycles. The zero-order valence-electron chi connectivity index (χ0n) is 15.3. The number of carbonyl (C=O) groups excluding carboxylic acids is 1. The third kappa shape index (κ3) is 5.21. The summed E-state index contributed by atoms with van der Waals surface area (Å²) in [6.07, 6.45) is -0.307. The van der Waals surface area contributed by atoms with Gasteiger partial charge < -0.3 is 25.6 Å². The summed E-state index contributed by atoms with van der Waals surface area (Å²) in [5.74, 6) is -0.301. The fourth-order valence-electron chi connectivity index (χ4n) is 3.12. The van der Waals surface area contributed by atoms with Crippen LogP contribution < -0.4 is 15.4 Å². The van der Waals surface area contributed by atoms with Crippen LogP contribution in [0.15, 0.2) is 36.4 Å². The Labute approximate surface area is 164 Å². The van der Waals surface area contributed by atoms with Gasteiger partial charge in [-0.15, -0.1) is 0 Å². The molecular formula is C21H27FN2O4. The summed E-state index contributed by atoms with van der Waals surface area (Å²) in [6.45, 7) is 4.04. The van der Waals surface area contributed by atoms with Crippen molar-refractivity contribution in [2.45, 2.75) is 39.3 Å². The molecule has 1 atom stereocenters. The van der Waals surface area contributed by atoms with Crippen LogP contribution in [0.5, 0.6) is 11.5 Å². The predicted molar refractivity (Wildman–Crippen MR) is 106 cm³/mol. The van der Waals surface area contributed by atoms with Crippen LogP contribution in [-0.4, -0.2) is 34.8 Å². The third-order valence-corrected chi connectivity index (χ3v) is 4.42. The van der Waals surface area contributed by atoms with Gasteiger partial charge in [0.2, 0.25) is 0 Å². The SMILES string of the molecule is C.CC(C)(Cc1ccc(F)cc1)NC[C@H](O)c1cc(O)cc2c1OCC(=O)N2. The Morgan fingerprint density at radius 2 is 1.96 bits per heavy atom. The summed E-state index contributed by atoms with van der Waals surface area (Å²) in [7, 11) is 0. The van der Waals surface area contributed by atoms with Crippen molar-refractivity contribution in [1.82, 2.24) is 5.32 Å². The van der Waals surface area contributed by atoms with E-state index in [9.17, 15) is 19.4 Å². The second kappa shape index (κ2) is 8.58. The van der Waals surface area contributed by atoms with Gasteiger partial charge in [-0.1, -0.05) is 19.6 Å². The lowest BCUT2D eigenvalue weighted by Gasteiger charge is -2.29. The van der Waals surface area contributed by atoms with Crippen LogP contribution in [-0.2, 0) is 11.2 Å². The van der Waals surface area contributed by atoms with Crippen LogP contribution in [0.1, 0.15) is 38.5 Å². The van der Waals surface area contributed by atoms with Crippen molar-refractivity contribution in [1.29, 1.82) is 0 Å². The number of β-amino-alcohol motifs (C(OH)–C–C–N with tert-alkyl or cyclic N) is 1. The third-order valence-electron chi connectivity index (χ3n) is 4.42. The van der Waals surface area contributed by atoms with Gasteiger partial charge in [-0.2, -0.15) is 0 Å². The fourth-order valence-corrected chi connectivity index (χ4v) is 3.12. The molecule has 152 valence electrons. The molecule has 4 N–H and O–H groups in total. The maximum atomic E-state index is 13.0. The average molecular weight is 390 g/mol. The van der Waals surface area contributed by atoms with Crippen molar-refractivity contribution < 1.29 is 24.1 Å². The van der Waals surface area contributed by atoms with E-state index in [0.29, 0.717) is 23.4 Å². The molecule has 1 amide bonds. The summed E-state index contributed by atoms with van der Waals surface area (Å²) >= 11 is 0. The van der Waals surface area contributed by atoms with E-state index in [4.69, 9.17) is 4.74 Å². The van der Waals surface area contributed by atoms with Crippen molar-refractivity contribution >= 4 is 11.6 Å². The van der Waals surface area contributed by atoms with E-state index in [1.807, 2.05) is 13.8 Å². The standard InChI is InChI=1S/C20H23FN2O4.CH4/c1-20(2,9-12-3-5-13(21)6-4-12)22-10-17(25)15-7-14(24)8-16-19(15)27-11-18(26)23-16;/h3-8,17,22,24-25H,9-11H2,1-2H3,(H,23,26);1H4/t17-;/m0./s1. The zero-order chi connectivity index (χ0) is 19.6. The first-order chi connectivity index (χ1) is 12.7. The molecule has 0 saturated carbocycles. The summed E-state index contributed by atoms with van der Waals surface area (Å²) in [5.41, 5.74) is 1.36. The molecule has 0 bridgehead atoms. The number of nitrogens with one attached hydrogen (secondary N) is 2. The molecule has 0 spiro atoms. The second-order valence-corrected chi connectivity index (χ2v) is 7.33. The number of hydrogen-bond acceptors (Lipinski definition) is 5. The second-order valence-electron chi connectivity index (χ2n) is 7.33. The first-order valence-electron chi connectivity index (χ1n) is 8.70. The van der Waals surface area contributed by atoms with Gasteiger partial charge in [0.1, 0.15) is 17.3 Å². The number of ether oxygens (including phenoxy) is 1. The first kappa shape index (κ1) is 21.7. The van der Waals surface area contributed by atoms with Crippen molar-refractivity contribution in [2.24, 2.45) is 0 Å². The van der Waals surface area contributed by atoms with Crippen LogP contribution in [0.3, 0.4) is 0 Å². The Kier molecular flexibility index (Phi) is 6.64. The lowest BCUT2D eigenvalue weighted by atomic mass is 9.94. The van der Waals surface area contributed by atoms with Gasteiger partial charge >= 0.3 is 0 Å². The minimum atomic E-state index is -0.951. The van der Waals surface area contributed by atoms with Gasteiger partial charge in [0.15, 0.2) is 6.61 Å². The molecule has 6 nitrogen and oxygen atoms in total. The summed E-state index contributed by atoms with van der Waals surface area (Å²) in [6, 6.07) is 9.12. The first-order valence-corrected chi connectivity index (χ1v) is 8.70. The van der Waals surface area contributed by atoms with Crippen molar-refractivity contribution in [3.8, 4) is 11.5 Å². The predicted octanol–water partition coefficient (Wildman–Crippen LogP) is 3.14. The molecule has 3 rings (SSSR count). The largest absolute Gasteiger partial charge is 0.508 e. The molecule has 0 unspecified atom stereocenters. The fraction of sp³-hybridized carbons (Fsp3) is 0.381. The smallest absolute Gasteiger partial charge is 0.262 e. The number of aromatic hydroxyl groups is 1. The number of halogens is 1. The number of benzene rings is 2. The number of rotatable bonds is 6. The molecule has 0 saturated heterocycles. The van der Waals surface area contributed by atoms with Gasteiger partial charge in [0.05, 0.1) is 11.8 Å². The van der Waals surface area contributed by atoms with E-state index in [0.717, 1.165) is 5.56 Å². The van der Waals surface area contributed by atoms with Gasteiger partial charge in [-0.3, -0.25) is 4.79 Å². The molecular weight excluding hydrogens is 363 g/mol. The summed E-state index contributed by atoms with van der Waals surface area (Å²) in [5, 5.41) is 26.4. The molecule has 1 aliphatic heterocycles.